The Morgan fingerprint density at radius 1 is 1.07 bits per heavy atom. The maximum absolute atomic E-state index is 13.0. The summed E-state index contributed by atoms with van der Waals surface area (Å²) in [6.07, 6.45) is 2.46. The second-order valence-corrected chi connectivity index (χ2v) is 6.99. The van der Waals surface area contributed by atoms with Gasteiger partial charge in [-0.15, -0.1) is 0 Å². The van der Waals surface area contributed by atoms with Gasteiger partial charge in [0.1, 0.15) is 11.5 Å². The molecule has 1 aliphatic rings. The van der Waals surface area contributed by atoms with Crippen LogP contribution in [0.3, 0.4) is 0 Å². The van der Waals surface area contributed by atoms with Crippen molar-refractivity contribution >= 4 is 11.6 Å². The van der Waals surface area contributed by atoms with Crippen LogP contribution in [0.5, 0.6) is 11.5 Å². The molecule has 27 heavy (non-hydrogen) atoms. The summed E-state index contributed by atoms with van der Waals surface area (Å²) in [6, 6.07) is 11.9. The zero-order valence-corrected chi connectivity index (χ0v) is 16.6. The molecule has 1 aliphatic heterocycles. The van der Waals surface area contributed by atoms with Crippen molar-refractivity contribution in [1.29, 1.82) is 0 Å². The van der Waals surface area contributed by atoms with Crippen molar-refractivity contribution in [1.82, 2.24) is 4.90 Å². The molecule has 0 unspecified atom stereocenters. The van der Waals surface area contributed by atoms with Crippen molar-refractivity contribution in [2.24, 2.45) is 0 Å². The molecule has 0 saturated carbocycles. The summed E-state index contributed by atoms with van der Waals surface area (Å²) in [5, 5.41) is 0. The Morgan fingerprint density at radius 3 is 2.26 bits per heavy atom. The molecular weight excluding hydrogens is 340 g/mol. The third-order valence-electron chi connectivity index (χ3n) is 5.19. The molecule has 0 aliphatic carbocycles. The third kappa shape index (κ3) is 4.02. The first-order valence-corrected chi connectivity index (χ1v) is 9.36. The molecule has 0 radical (unpaired) electrons. The minimum atomic E-state index is -0.0529. The predicted octanol–water partition coefficient (Wildman–Crippen LogP) is 3.88. The highest BCUT2D eigenvalue weighted by Crippen LogP contribution is 2.30. The van der Waals surface area contributed by atoms with Gasteiger partial charge in [-0.1, -0.05) is 18.2 Å². The summed E-state index contributed by atoms with van der Waals surface area (Å²) < 4.78 is 10.8. The number of benzene rings is 2. The predicted molar refractivity (Wildman–Crippen MR) is 108 cm³/mol. The Labute approximate surface area is 161 Å². The summed E-state index contributed by atoms with van der Waals surface area (Å²) in [4.78, 5) is 17.2. The minimum Gasteiger partial charge on any atom is -0.496 e. The number of rotatable bonds is 6. The van der Waals surface area contributed by atoms with Gasteiger partial charge in [0, 0.05) is 43.5 Å². The summed E-state index contributed by atoms with van der Waals surface area (Å²) in [5.74, 6) is 1.26. The number of para-hydroxylation sites is 1. The molecule has 0 bridgehead atoms. The molecule has 2 aromatic rings. The minimum absolute atomic E-state index is 0.0529. The van der Waals surface area contributed by atoms with Gasteiger partial charge in [-0.2, -0.15) is 0 Å². The third-order valence-corrected chi connectivity index (χ3v) is 5.19. The molecule has 1 amide bonds. The normalized spacial score (nSPS) is 13.6. The van der Waals surface area contributed by atoms with Gasteiger partial charge >= 0.3 is 0 Å². The Kier molecular flexibility index (Phi) is 5.89. The van der Waals surface area contributed by atoms with Crippen molar-refractivity contribution in [3.63, 3.8) is 0 Å². The Bertz CT molecular complexity index is 788. The number of carbonyl (C=O) groups excluding carboxylic acids is 1. The SMILES string of the molecule is COc1cc(C(=O)N(C)Cc2ccccc2N2CCCC2)cc(OC)c1C. The van der Waals surface area contributed by atoms with E-state index in [9.17, 15) is 4.79 Å². The molecule has 5 nitrogen and oxygen atoms in total. The van der Waals surface area contributed by atoms with Gasteiger partial charge in [0.25, 0.3) is 5.91 Å². The quantitative estimate of drug-likeness (QED) is 0.776. The summed E-state index contributed by atoms with van der Waals surface area (Å²) in [7, 11) is 5.04. The number of methoxy groups -OCH3 is 2. The lowest BCUT2D eigenvalue weighted by atomic mass is 10.1. The highest BCUT2D eigenvalue weighted by molar-refractivity contribution is 5.95. The Morgan fingerprint density at radius 2 is 1.67 bits per heavy atom. The van der Waals surface area contributed by atoms with E-state index in [1.807, 2.05) is 20.0 Å². The van der Waals surface area contributed by atoms with E-state index in [0.29, 0.717) is 23.6 Å². The molecule has 0 atom stereocenters. The lowest BCUT2D eigenvalue weighted by molar-refractivity contribution is 0.0784. The molecule has 0 aromatic heterocycles. The second kappa shape index (κ2) is 8.33. The molecular formula is C22H28N2O3. The first-order chi connectivity index (χ1) is 13.0. The lowest BCUT2D eigenvalue weighted by Crippen LogP contribution is -2.28. The highest BCUT2D eigenvalue weighted by Gasteiger charge is 2.20. The van der Waals surface area contributed by atoms with Crippen LogP contribution in [0, 0.1) is 6.92 Å². The van der Waals surface area contributed by atoms with Crippen LogP contribution in [0.15, 0.2) is 36.4 Å². The van der Waals surface area contributed by atoms with E-state index in [2.05, 4.69) is 23.1 Å². The second-order valence-electron chi connectivity index (χ2n) is 6.99. The van der Waals surface area contributed by atoms with Crippen molar-refractivity contribution < 1.29 is 14.3 Å². The van der Waals surface area contributed by atoms with Crippen LogP contribution in [0.1, 0.15) is 34.3 Å². The number of hydrogen-bond acceptors (Lipinski definition) is 4. The first-order valence-electron chi connectivity index (χ1n) is 9.36. The molecule has 144 valence electrons. The molecule has 5 heteroatoms. The molecule has 0 N–H and O–H groups in total. The number of hydrogen-bond donors (Lipinski definition) is 0. The average molecular weight is 368 g/mol. The van der Waals surface area contributed by atoms with Gasteiger partial charge in [0.15, 0.2) is 0 Å². The van der Waals surface area contributed by atoms with Crippen LogP contribution < -0.4 is 14.4 Å². The number of nitrogens with zero attached hydrogens (tertiary/aromatic N) is 2. The molecule has 0 spiro atoms. The molecule has 3 rings (SSSR count). The number of amides is 1. The van der Waals surface area contributed by atoms with Gasteiger partial charge in [-0.05, 0) is 43.5 Å². The van der Waals surface area contributed by atoms with Crippen molar-refractivity contribution in [3.05, 3.63) is 53.1 Å². The van der Waals surface area contributed by atoms with E-state index < -0.39 is 0 Å². The summed E-state index contributed by atoms with van der Waals surface area (Å²) in [5.41, 5.74) is 3.85. The van der Waals surface area contributed by atoms with Crippen LogP contribution in [-0.2, 0) is 6.54 Å². The van der Waals surface area contributed by atoms with E-state index in [4.69, 9.17) is 9.47 Å². The maximum atomic E-state index is 13.0. The van der Waals surface area contributed by atoms with Crippen LogP contribution in [0.2, 0.25) is 0 Å². The molecule has 1 saturated heterocycles. The average Bonchev–Trinajstić information content (AvgIpc) is 3.22. The summed E-state index contributed by atoms with van der Waals surface area (Å²) >= 11 is 0. The largest absolute Gasteiger partial charge is 0.496 e. The van der Waals surface area contributed by atoms with Gasteiger partial charge < -0.3 is 19.3 Å². The van der Waals surface area contributed by atoms with E-state index >= 15 is 0 Å². The zero-order chi connectivity index (χ0) is 19.4. The fraction of sp³-hybridized carbons (Fsp3) is 0.409. The number of anilines is 1. The lowest BCUT2D eigenvalue weighted by Gasteiger charge is -2.25. The van der Waals surface area contributed by atoms with Crippen LogP contribution in [0.4, 0.5) is 5.69 Å². The first kappa shape index (κ1) is 19.1. The summed E-state index contributed by atoms with van der Waals surface area (Å²) in [6.45, 7) is 4.65. The Balaban J connectivity index is 1.83. The van der Waals surface area contributed by atoms with Gasteiger partial charge in [0.05, 0.1) is 14.2 Å². The zero-order valence-electron chi connectivity index (χ0n) is 16.6. The topological polar surface area (TPSA) is 42.0 Å². The number of ether oxygens (including phenoxy) is 2. The fourth-order valence-corrected chi connectivity index (χ4v) is 3.67. The number of carbonyl (C=O) groups is 1. The van der Waals surface area contributed by atoms with E-state index in [-0.39, 0.29) is 5.91 Å². The van der Waals surface area contributed by atoms with Crippen molar-refractivity contribution in [2.45, 2.75) is 26.3 Å². The molecule has 1 fully saturated rings. The van der Waals surface area contributed by atoms with E-state index in [1.165, 1.54) is 24.1 Å². The van der Waals surface area contributed by atoms with Crippen LogP contribution in [-0.4, -0.2) is 45.2 Å². The van der Waals surface area contributed by atoms with Crippen LogP contribution >= 0.6 is 0 Å². The van der Waals surface area contributed by atoms with Gasteiger partial charge in [-0.3, -0.25) is 4.79 Å². The van der Waals surface area contributed by atoms with E-state index in [1.54, 1.807) is 31.3 Å². The Hall–Kier alpha value is -2.69. The van der Waals surface area contributed by atoms with Gasteiger partial charge in [-0.25, -0.2) is 0 Å². The molecule has 2 aromatic carbocycles. The van der Waals surface area contributed by atoms with Crippen LogP contribution in [0.25, 0.3) is 0 Å². The van der Waals surface area contributed by atoms with Crippen molar-refractivity contribution in [2.75, 3.05) is 39.3 Å². The standard InChI is InChI=1S/C22H28N2O3/c1-16-20(26-3)13-18(14-21(16)27-4)22(25)23(2)15-17-9-5-6-10-19(17)24-11-7-8-12-24/h5-6,9-10,13-14H,7-8,11-12,15H2,1-4H3. The van der Waals surface area contributed by atoms with E-state index in [0.717, 1.165) is 18.7 Å². The smallest absolute Gasteiger partial charge is 0.254 e. The highest BCUT2D eigenvalue weighted by atomic mass is 16.5. The van der Waals surface area contributed by atoms with Gasteiger partial charge in [0.2, 0.25) is 0 Å². The van der Waals surface area contributed by atoms with Crippen molar-refractivity contribution in [3.8, 4) is 11.5 Å². The molecule has 1 heterocycles. The fourth-order valence-electron chi connectivity index (χ4n) is 3.67. The monoisotopic (exact) mass is 368 g/mol. The maximum Gasteiger partial charge on any atom is 0.254 e.